The first kappa shape index (κ1) is 15.0. The molecule has 0 bridgehead atoms. The highest BCUT2D eigenvalue weighted by molar-refractivity contribution is 14.1. The van der Waals surface area contributed by atoms with Gasteiger partial charge in [0.25, 0.3) is 0 Å². The lowest BCUT2D eigenvalue weighted by molar-refractivity contribution is 0.551. The van der Waals surface area contributed by atoms with Crippen LogP contribution in [0.15, 0.2) is 35.1 Å². The van der Waals surface area contributed by atoms with Crippen LogP contribution in [0.2, 0.25) is 0 Å². The van der Waals surface area contributed by atoms with Gasteiger partial charge in [0.15, 0.2) is 0 Å². The van der Waals surface area contributed by atoms with Crippen molar-refractivity contribution < 1.29 is 0 Å². The first-order valence-corrected chi connectivity index (χ1v) is 8.13. The van der Waals surface area contributed by atoms with Crippen LogP contribution in [0.4, 0.5) is 0 Å². The second-order valence-corrected chi connectivity index (χ2v) is 7.06. The van der Waals surface area contributed by atoms with E-state index in [0.717, 1.165) is 26.8 Å². The van der Waals surface area contributed by atoms with Crippen molar-refractivity contribution in [2.75, 3.05) is 6.54 Å². The lowest BCUT2D eigenvalue weighted by Crippen LogP contribution is -2.20. The van der Waals surface area contributed by atoms with E-state index in [1.165, 1.54) is 5.56 Å². The Balaban J connectivity index is 2.23. The second kappa shape index (κ2) is 6.85. The predicted octanol–water partition coefficient (Wildman–Crippen LogP) is 3.99. The van der Waals surface area contributed by atoms with Crippen molar-refractivity contribution >= 4 is 38.5 Å². The van der Waals surface area contributed by atoms with Crippen LogP contribution in [0.1, 0.15) is 19.4 Å². The molecule has 0 atom stereocenters. The average Bonchev–Trinajstić information content (AvgIpc) is 2.77. The molecule has 0 fully saturated rings. The van der Waals surface area contributed by atoms with Crippen molar-refractivity contribution in [3.63, 3.8) is 0 Å². The molecule has 1 N–H and O–H groups in total. The van der Waals surface area contributed by atoms with E-state index in [9.17, 15) is 0 Å². The summed E-state index contributed by atoms with van der Waals surface area (Å²) < 4.78 is 4.14. The Hall–Kier alpha value is -0.400. The molecule has 1 aromatic carbocycles. The van der Waals surface area contributed by atoms with Crippen molar-refractivity contribution in [1.29, 1.82) is 0 Å². The monoisotopic (exact) mass is 433 g/mol. The smallest absolute Gasteiger partial charge is 0.0702 e. The van der Waals surface area contributed by atoms with Gasteiger partial charge in [0, 0.05) is 17.2 Å². The number of nitrogens with one attached hydrogen (secondary N) is 1. The SMILES string of the molecule is CC(C)CNCc1ccc(Br)cc1-n1cc(I)cn1. The number of rotatable bonds is 5. The molecule has 0 aliphatic heterocycles. The molecule has 0 amide bonds. The van der Waals surface area contributed by atoms with Gasteiger partial charge in [-0.15, -0.1) is 0 Å². The zero-order valence-corrected chi connectivity index (χ0v) is 14.8. The third-order valence-corrected chi connectivity index (χ3v) is 3.76. The lowest BCUT2D eigenvalue weighted by atomic mass is 10.1. The zero-order chi connectivity index (χ0) is 13.8. The van der Waals surface area contributed by atoms with Crippen molar-refractivity contribution in [3.8, 4) is 5.69 Å². The Morgan fingerprint density at radius 1 is 1.42 bits per heavy atom. The van der Waals surface area contributed by atoms with Crippen molar-refractivity contribution in [2.24, 2.45) is 5.92 Å². The summed E-state index contributed by atoms with van der Waals surface area (Å²) in [6.45, 7) is 6.31. The topological polar surface area (TPSA) is 29.9 Å². The fraction of sp³-hybridized carbons (Fsp3) is 0.357. The minimum absolute atomic E-state index is 0.657. The van der Waals surface area contributed by atoms with E-state index in [-0.39, 0.29) is 0 Å². The maximum atomic E-state index is 4.39. The third-order valence-electron chi connectivity index (χ3n) is 2.71. The van der Waals surface area contributed by atoms with Crippen LogP contribution in [0, 0.1) is 9.49 Å². The van der Waals surface area contributed by atoms with E-state index in [2.05, 4.69) is 81.0 Å². The highest BCUT2D eigenvalue weighted by Crippen LogP contribution is 2.21. The van der Waals surface area contributed by atoms with E-state index < -0.39 is 0 Å². The fourth-order valence-corrected chi connectivity index (χ4v) is 2.57. The van der Waals surface area contributed by atoms with Crippen molar-refractivity contribution in [2.45, 2.75) is 20.4 Å². The number of aromatic nitrogens is 2. The summed E-state index contributed by atoms with van der Waals surface area (Å²) in [5, 5.41) is 7.87. The molecule has 0 spiro atoms. The molecule has 0 saturated heterocycles. The Morgan fingerprint density at radius 2 is 2.21 bits per heavy atom. The summed E-state index contributed by atoms with van der Waals surface area (Å²) in [6.07, 6.45) is 3.90. The minimum atomic E-state index is 0.657. The number of nitrogens with zero attached hydrogens (tertiary/aromatic N) is 2. The molecule has 102 valence electrons. The first-order chi connectivity index (χ1) is 9.06. The second-order valence-electron chi connectivity index (χ2n) is 4.90. The van der Waals surface area contributed by atoms with Crippen LogP contribution in [-0.2, 0) is 6.54 Å². The van der Waals surface area contributed by atoms with Crippen LogP contribution in [0.5, 0.6) is 0 Å². The molecule has 0 aliphatic carbocycles. The number of halogens is 2. The van der Waals surface area contributed by atoms with Gasteiger partial charge in [0.05, 0.1) is 15.5 Å². The van der Waals surface area contributed by atoms with E-state index in [4.69, 9.17) is 0 Å². The molecule has 3 nitrogen and oxygen atoms in total. The summed E-state index contributed by atoms with van der Waals surface area (Å²) in [5.74, 6) is 0.657. The summed E-state index contributed by atoms with van der Waals surface area (Å²) in [4.78, 5) is 0. The van der Waals surface area contributed by atoms with Gasteiger partial charge in [0.1, 0.15) is 0 Å². The summed E-state index contributed by atoms with van der Waals surface area (Å²) in [6, 6.07) is 6.32. The van der Waals surface area contributed by atoms with Crippen LogP contribution in [-0.4, -0.2) is 16.3 Å². The Kier molecular flexibility index (Phi) is 5.41. The quantitative estimate of drug-likeness (QED) is 0.722. The van der Waals surface area contributed by atoms with Gasteiger partial charge >= 0.3 is 0 Å². The van der Waals surface area contributed by atoms with Crippen LogP contribution in [0.3, 0.4) is 0 Å². The lowest BCUT2D eigenvalue weighted by Gasteiger charge is -2.12. The first-order valence-electron chi connectivity index (χ1n) is 6.26. The van der Waals surface area contributed by atoms with E-state index in [0.29, 0.717) is 5.92 Å². The fourth-order valence-electron chi connectivity index (χ4n) is 1.83. The highest BCUT2D eigenvalue weighted by Gasteiger charge is 2.07. The maximum absolute atomic E-state index is 4.39. The molecular weight excluding hydrogens is 417 g/mol. The molecule has 0 radical (unpaired) electrons. The van der Waals surface area contributed by atoms with Gasteiger partial charge in [-0.3, -0.25) is 0 Å². The van der Waals surface area contributed by atoms with Crippen LogP contribution >= 0.6 is 38.5 Å². The molecule has 19 heavy (non-hydrogen) atoms. The molecule has 2 aromatic rings. The van der Waals surface area contributed by atoms with Gasteiger partial charge < -0.3 is 5.32 Å². The molecule has 1 aromatic heterocycles. The standard InChI is InChI=1S/C14H17BrIN3/c1-10(2)6-17-7-11-3-4-12(15)5-14(11)19-9-13(16)8-18-19/h3-5,8-10,17H,6-7H2,1-2H3. The van der Waals surface area contributed by atoms with Crippen LogP contribution in [0.25, 0.3) is 5.69 Å². The molecule has 1 heterocycles. The van der Waals surface area contributed by atoms with Gasteiger partial charge in [0.2, 0.25) is 0 Å². The number of hydrogen-bond donors (Lipinski definition) is 1. The normalized spacial score (nSPS) is 11.2. The molecule has 5 heteroatoms. The zero-order valence-electron chi connectivity index (χ0n) is 11.0. The van der Waals surface area contributed by atoms with E-state index in [1.807, 2.05) is 17.1 Å². The van der Waals surface area contributed by atoms with Crippen LogP contribution < -0.4 is 5.32 Å². The average molecular weight is 434 g/mol. The Morgan fingerprint density at radius 3 is 2.84 bits per heavy atom. The summed E-state index contributed by atoms with van der Waals surface area (Å²) >= 11 is 5.80. The largest absolute Gasteiger partial charge is 0.312 e. The molecular formula is C14H17BrIN3. The van der Waals surface area contributed by atoms with Gasteiger partial charge in [-0.2, -0.15) is 5.10 Å². The number of hydrogen-bond acceptors (Lipinski definition) is 2. The van der Waals surface area contributed by atoms with Crippen molar-refractivity contribution in [3.05, 3.63) is 44.2 Å². The maximum Gasteiger partial charge on any atom is 0.0702 e. The minimum Gasteiger partial charge on any atom is -0.312 e. The summed E-state index contributed by atoms with van der Waals surface area (Å²) in [7, 11) is 0. The Labute approximate surface area is 136 Å². The van der Waals surface area contributed by atoms with Gasteiger partial charge in [-0.1, -0.05) is 35.8 Å². The number of benzene rings is 1. The van der Waals surface area contributed by atoms with Crippen molar-refractivity contribution in [1.82, 2.24) is 15.1 Å². The molecule has 0 saturated carbocycles. The van der Waals surface area contributed by atoms with Gasteiger partial charge in [-0.05, 0) is 52.7 Å². The summed E-state index contributed by atoms with van der Waals surface area (Å²) in [5.41, 5.74) is 2.37. The molecule has 2 rings (SSSR count). The van der Waals surface area contributed by atoms with E-state index >= 15 is 0 Å². The van der Waals surface area contributed by atoms with E-state index in [1.54, 1.807) is 0 Å². The Bertz CT molecular complexity index is 551. The predicted molar refractivity (Wildman–Crippen MR) is 90.5 cm³/mol. The highest BCUT2D eigenvalue weighted by atomic mass is 127. The van der Waals surface area contributed by atoms with Gasteiger partial charge in [-0.25, -0.2) is 4.68 Å². The molecule has 0 unspecified atom stereocenters. The molecule has 0 aliphatic rings. The third kappa shape index (κ3) is 4.29.